The number of benzene rings is 1. The first-order chi connectivity index (χ1) is 7.42. The van der Waals surface area contributed by atoms with Crippen LogP contribution in [0.2, 0.25) is 0 Å². The van der Waals surface area contributed by atoms with Crippen LogP contribution in [-0.2, 0) is 6.54 Å². The first kappa shape index (κ1) is 17.5. The monoisotopic (exact) mass is 271 g/mol. The maximum absolute atomic E-state index is 12.2. The quantitative estimate of drug-likeness (QED) is 0.671. The molecular formula is C10H14BF3KNO. The molecule has 2 nitrogen and oxygen atoms in total. The molecule has 0 aliphatic carbocycles. The van der Waals surface area contributed by atoms with Crippen LogP contribution in [0.3, 0.4) is 0 Å². The number of methoxy groups -OCH3 is 1. The summed E-state index contributed by atoms with van der Waals surface area (Å²) in [7, 11) is 2.95. The van der Waals surface area contributed by atoms with E-state index < -0.39 is 13.4 Å². The zero-order chi connectivity index (χ0) is 12.2. The van der Waals surface area contributed by atoms with Crippen molar-refractivity contribution >= 4 is 6.98 Å². The minimum Gasteiger partial charge on any atom is -0.496 e. The zero-order valence-corrected chi connectivity index (χ0v) is 13.4. The molecule has 0 fully saturated rings. The minimum atomic E-state index is -4.78. The number of ether oxygens (including phenoxy) is 1. The largest absolute Gasteiger partial charge is 1.00 e. The van der Waals surface area contributed by atoms with Gasteiger partial charge in [-0.1, -0.05) is 18.2 Å². The third kappa shape index (κ3) is 6.83. The molecule has 0 N–H and O–H groups in total. The Morgan fingerprint density at radius 2 is 1.82 bits per heavy atom. The average molecular weight is 271 g/mol. The van der Waals surface area contributed by atoms with Crippen molar-refractivity contribution in [2.45, 2.75) is 6.54 Å². The topological polar surface area (TPSA) is 12.5 Å². The van der Waals surface area contributed by atoms with Gasteiger partial charge in [0.15, 0.2) is 0 Å². The van der Waals surface area contributed by atoms with Gasteiger partial charge in [-0.3, -0.25) is 0 Å². The van der Waals surface area contributed by atoms with Gasteiger partial charge in [-0.05, 0) is 19.6 Å². The SMILES string of the molecule is COc1ccccc1CN(C)C[B-](F)(F)F.[K+]. The number of hydrogen-bond donors (Lipinski definition) is 0. The second-order valence-corrected chi connectivity index (χ2v) is 3.72. The van der Waals surface area contributed by atoms with Crippen molar-refractivity contribution in [1.29, 1.82) is 0 Å². The first-order valence-corrected chi connectivity index (χ1v) is 4.94. The average Bonchev–Trinajstić information content (AvgIpc) is 2.15. The van der Waals surface area contributed by atoms with Gasteiger partial charge < -0.3 is 22.6 Å². The molecule has 0 heterocycles. The zero-order valence-electron chi connectivity index (χ0n) is 10.3. The van der Waals surface area contributed by atoms with Crippen molar-refractivity contribution < 1.29 is 69.1 Å². The third-order valence-electron chi connectivity index (χ3n) is 2.15. The molecule has 0 amide bonds. The summed E-state index contributed by atoms with van der Waals surface area (Å²) in [6.45, 7) is -4.55. The van der Waals surface area contributed by atoms with Crippen LogP contribution in [0.25, 0.3) is 0 Å². The Morgan fingerprint density at radius 3 is 2.35 bits per heavy atom. The minimum absolute atomic E-state index is 0. The molecule has 0 aromatic heterocycles. The van der Waals surface area contributed by atoms with Crippen LogP contribution in [-0.4, -0.2) is 32.5 Å². The molecule has 0 saturated carbocycles. The fraction of sp³-hybridized carbons (Fsp3) is 0.400. The molecule has 7 heteroatoms. The summed E-state index contributed by atoms with van der Waals surface area (Å²) < 4.78 is 41.6. The molecule has 0 aliphatic rings. The molecular weight excluding hydrogens is 257 g/mol. The maximum atomic E-state index is 12.2. The van der Waals surface area contributed by atoms with E-state index in [0.29, 0.717) is 5.75 Å². The van der Waals surface area contributed by atoms with Crippen LogP contribution in [0.1, 0.15) is 5.56 Å². The van der Waals surface area contributed by atoms with Gasteiger partial charge >= 0.3 is 58.4 Å². The summed E-state index contributed by atoms with van der Waals surface area (Å²) in [4.78, 5) is 1.23. The predicted octanol–water partition coefficient (Wildman–Crippen LogP) is -0.482. The van der Waals surface area contributed by atoms with Gasteiger partial charge in [-0.15, -0.1) is 0 Å². The first-order valence-electron chi connectivity index (χ1n) is 4.94. The summed E-state index contributed by atoms with van der Waals surface area (Å²) in [5.74, 6) is 0.615. The molecule has 90 valence electrons. The van der Waals surface area contributed by atoms with E-state index in [0.717, 1.165) is 5.56 Å². The van der Waals surface area contributed by atoms with Gasteiger partial charge in [0.05, 0.1) is 7.11 Å². The van der Waals surface area contributed by atoms with Crippen molar-refractivity contribution in [1.82, 2.24) is 4.90 Å². The van der Waals surface area contributed by atoms with Crippen molar-refractivity contribution in [3.8, 4) is 5.75 Å². The summed E-state index contributed by atoms with van der Waals surface area (Å²) in [5.41, 5.74) is 0.757. The van der Waals surface area contributed by atoms with Gasteiger partial charge in [0.1, 0.15) is 5.75 Å². The van der Waals surface area contributed by atoms with Crippen molar-refractivity contribution in [3.63, 3.8) is 0 Å². The second-order valence-electron chi connectivity index (χ2n) is 3.72. The molecule has 0 radical (unpaired) electrons. The number of para-hydroxylation sites is 1. The molecule has 0 spiro atoms. The van der Waals surface area contributed by atoms with Gasteiger partial charge in [0, 0.05) is 12.1 Å². The van der Waals surface area contributed by atoms with Crippen molar-refractivity contribution in [3.05, 3.63) is 29.8 Å². The molecule has 0 aliphatic heterocycles. The fourth-order valence-electron chi connectivity index (χ4n) is 1.54. The number of nitrogens with zero attached hydrogens (tertiary/aromatic N) is 1. The van der Waals surface area contributed by atoms with Crippen LogP contribution in [0.4, 0.5) is 12.9 Å². The van der Waals surface area contributed by atoms with E-state index in [-0.39, 0.29) is 57.9 Å². The summed E-state index contributed by atoms with van der Waals surface area (Å²) >= 11 is 0. The van der Waals surface area contributed by atoms with E-state index in [4.69, 9.17) is 4.74 Å². The van der Waals surface area contributed by atoms with Crippen LogP contribution in [0.5, 0.6) is 5.75 Å². The van der Waals surface area contributed by atoms with Crippen LogP contribution in [0, 0.1) is 0 Å². The molecule has 0 bridgehead atoms. The Balaban J connectivity index is 0.00000256. The van der Waals surface area contributed by atoms with E-state index in [1.165, 1.54) is 19.1 Å². The Bertz CT molecular complexity index is 349. The molecule has 0 atom stereocenters. The van der Waals surface area contributed by atoms with E-state index in [1.807, 2.05) is 0 Å². The second kappa shape index (κ2) is 7.81. The Morgan fingerprint density at radius 1 is 1.24 bits per heavy atom. The molecule has 0 unspecified atom stereocenters. The molecule has 1 aromatic carbocycles. The van der Waals surface area contributed by atoms with E-state index in [1.54, 1.807) is 24.3 Å². The fourth-order valence-corrected chi connectivity index (χ4v) is 1.54. The smallest absolute Gasteiger partial charge is 0.496 e. The molecule has 1 aromatic rings. The summed E-state index contributed by atoms with van der Waals surface area (Å²) in [5, 5.41) is 0. The maximum Gasteiger partial charge on any atom is 1.00 e. The van der Waals surface area contributed by atoms with E-state index >= 15 is 0 Å². The molecule has 0 saturated heterocycles. The van der Waals surface area contributed by atoms with E-state index in [9.17, 15) is 12.9 Å². The number of hydrogen-bond acceptors (Lipinski definition) is 2. The Labute approximate surface area is 142 Å². The summed E-state index contributed by atoms with van der Waals surface area (Å²) in [6.07, 6.45) is -0.863. The Kier molecular flexibility index (Phi) is 8.02. The van der Waals surface area contributed by atoms with Crippen LogP contribution >= 0.6 is 0 Å². The standard InChI is InChI=1S/C10H14BF3NO.K/c1-15(8-11(12,13)14)7-9-5-3-4-6-10(9)16-2;/h3-6H,7-8H2,1-2H3;/q-1;+1. The van der Waals surface area contributed by atoms with Crippen molar-refractivity contribution in [2.75, 3.05) is 20.6 Å². The Hall–Kier alpha value is 0.471. The van der Waals surface area contributed by atoms with Gasteiger partial charge in [-0.25, -0.2) is 0 Å². The van der Waals surface area contributed by atoms with Gasteiger partial charge in [0.2, 0.25) is 0 Å². The van der Waals surface area contributed by atoms with E-state index in [2.05, 4.69) is 0 Å². The normalized spacial score (nSPS) is 11.2. The van der Waals surface area contributed by atoms with Crippen LogP contribution in [0.15, 0.2) is 24.3 Å². The van der Waals surface area contributed by atoms with Gasteiger partial charge in [-0.2, -0.15) is 0 Å². The molecule has 17 heavy (non-hydrogen) atoms. The molecule has 1 rings (SSSR count). The number of rotatable bonds is 5. The summed E-state index contributed by atoms with van der Waals surface area (Å²) in [6, 6.07) is 7.07. The van der Waals surface area contributed by atoms with Crippen molar-refractivity contribution in [2.24, 2.45) is 0 Å². The third-order valence-corrected chi connectivity index (χ3v) is 2.15. The predicted molar refractivity (Wildman–Crippen MR) is 58.4 cm³/mol. The van der Waals surface area contributed by atoms with Crippen LogP contribution < -0.4 is 56.1 Å². The number of halogens is 3. The van der Waals surface area contributed by atoms with Gasteiger partial charge in [0.25, 0.3) is 0 Å².